The molecule has 0 saturated heterocycles. The van der Waals surface area contributed by atoms with Crippen LogP contribution in [0.25, 0.3) is 71.1 Å². The second-order valence-corrected chi connectivity index (χ2v) is 12.1. The molecule has 0 N–H and O–H groups in total. The fraction of sp³-hybridized carbons (Fsp3) is 0. The zero-order valence-corrected chi connectivity index (χ0v) is 25.3. The van der Waals surface area contributed by atoms with Crippen molar-refractivity contribution in [3.63, 3.8) is 0 Å². The van der Waals surface area contributed by atoms with E-state index in [-0.39, 0.29) is 0 Å². The van der Waals surface area contributed by atoms with E-state index in [4.69, 9.17) is 4.42 Å². The lowest BCUT2D eigenvalue weighted by atomic mass is 10.1. The van der Waals surface area contributed by atoms with Crippen molar-refractivity contribution >= 4 is 82.5 Å². The van der Waals surface area contributed by atoms with E-state index in [1.807, 2.05) is 6.07 Å². The Kier molecular flexibility index (Phi) is 5.54. The van der Waals surface area contributed by atoms with Gasteiger partial charge in [-0.05, 0) is 100 Å². The van der Waals surface area contributed by atoms with Crippen LogP contribution in [-0.2, 0) is 0 Å². The monoisotopic (exact) mass is 601 g/mol. The molecule has 0 spiro atoms. The lowest BCUT2D eigenvalue weighted by Crippen LogP contribution is -2.10. The number of pyridine rings is 1. The van der Waals surface area contributed by atoms with Gasteiger partial charge in [-0.2, -0.15) is 0 Å². The van der Waals surface area contributed by atoms with Gasteiger partial charge in [-0.15, -0.1) is 0 Å². The van der Waals surface area contributed by atoms with Gasteiger partial charge in [0.1, 0.15) is 5.58 Å². The highest BCUT2D eigenvalue weighted by Gasteiger charge is 2.19. The number of anilines is 3. The van der Waals surface area contributed by atoms with Crippen LogP contribution in [0.3, 0.4) is 0 Å². The van der Waals surface area contributed by atoms with Crippen LogP contribution >= 0.6 is 0 Å². The van der Waals surface area contributed by atoms with Crippen LogP contribution in [0, 0.1) is 0 Å². The van der Waals surface area contributed by atoms with Crippen LogP contribution in [-0.4, -0.2) is 9.55 Å². The summed E-state index contributed by atoms with van der Waals surface area (Å²) in [7, 11) is 0. The molecule has 0 saturated carbocycles. The Balaban J connectivity index is 1.22. The molecule has 47 heavy (non-hydrogen) atoms. The van der Waals surface area contributed by atoms with Crippen molar-refractivity contribution in [3.8, 4) is 5.69 Å². The molecule has 0 aliphatic heterocycles. The second-order valence-electron chi connectivity index (χ2n) is 12.1. The van der Waals surface area contributed by atoms with Crippen LogP contribution in [0.2, 0.25) is 0 Å². The Labute approximate surface area is 270 Å². The molecule has 0 bridgehead atoms. The second kappa shape index (κ2) is 10.1. The predicted molar refractivity (Wildman–Crippen MR) is 196 cm³/mol. The molecule has 7 aromatic carbocycles. The van der Waals surface area contributed by atoms with Crippen molar-refractivity contribution in [1.29, 1.82) is 0 Å². The number of benzene rings is 7. The minimum absolute atomic E-state index is 0.651. The van der Waals surface area contributed by atoms with Gasteiger partial charge in [0.05, 0.1) is 11.0 Å². The fourth-order valence-electron chi connectivity index (χ4n) is 7.21. The van der Waals surface area contributed by atoms with Crippen LogP contribution in [0.15, 0.2) is 168 Å². The molecule has 0 aliphatic rings. The van der Waals surface area contributed by atoms with Gasteiger partial charge in [-0.3, -0.25) is 0 Å². The molecule has 220 valence electrons. The van der Waals surface area contributed by atoms with Gasteiger partial charge in [-0.1, -0.05) is 78.9 Å². The maximum Gasteiger partial charge on any atom is 0.227 e. The molecule has 10 aromatic rings. The number of para-hydroxylation sites is 1. The van der Waals surface area contributed by atoms with Gasteiger partial charge in [-0.25, -0.2) is 4.98 Å². The Morgan fingerprint density at radius 1 is 0.447 bits per heavy atom. The van der Waals surface area contributed by atoms with Crippen molar-refractivity contribution in [2.24, 2.45) is 0 Å². The zero-order chi connectivity index (χ0) is 30.9. The predicted octanol–water partition coefficient (Wildman–Crippen LogP) is 11.9. The van der Waals surface area contributed by atoms with Crippen molar-refractivity contribution in [3.05, 3.63) is 164 Å². The third-order valence-electron chi connectivity index (χ3n) is 9.37. The summed E-state index contributed by atoms with van der Waals surface area (Å²) in [5.41, 5.74) is 8.15. The summed E-state index contributed by atoms with van der Waals surface area (Å²) < 4.78 is 8.50. The van der Waals surface area contributed by atoms with Crippen LogP contribution in [0.4, 0.5) is 17.1 Å². The summed E-state index contributed by atoms with van der Waals surface area (Å²) in [5.74, 6) is 0. The number of rotatable bonds is 4. The summed E-state index contributed by atoms with van der Waals surface area (Å²) in [4.78, 5) is 6.81. The molecule has 3 heterocycles. The highest BCUT2D eigenvalue weighted by Crippen LogP contribution is 2.41. The minimum atomic E-state index is 0.651. The van der Waals surface area contributed by atoms with E-state index in [1.165, 1.54) is 43.4 Å². The quantitative estimate of drug-likeness (QED) is 0.201. The molecular formula is C43H27N3O. The SMILES string of the molecule is c1cc(N(c2ccc3ccccc3c2)c2ccc3oc4ncccc4c3c2)cc(-n2c3ccccc3c3cc4ccccc4cc32)c1. The van der Waals surface area contributed by atoms with Gasteiger partial charge in [0, 0.05) is 50.5 Å². The van der Waals surface area contributed by atoms with E-state index < -0.39 is 0 Å². The molecule has 0 aliphatic carbocycles. The van der Waals surface area contributed by atoms with Gasteiger partial charge >= 0.3 is 0 Å². The highest BCUT2D eigenvalue weighted by atomic mass is 16.3. The molecule has 10 rings (SSSR count). The maximum absolute atomic E-state index is 6.10. The van der Waals surface area contributed by atoms with Crippen molar-refractivity contribution < 1.29 is 4.42 Å². The van der Waals surface area contributed by atoms with E-state index in [0.717, 1.165) is 39.1 Å². The summed E-state index contributed by atoms with van der Waals surface area (Å²) in [6.07, 6.45) is 1.77. The smallest absolute Gasteiger partial charge is 0.227 e. The average molecular weight is 602 g/mol. The van der Waals surface area contributed by atoms with Gasteiger partial charge in [0.15, 0.2) is 0 Å². The lowest BCUT2D eigenvalue weighted by Gasteiger charge is -2.26. The van der Waals surface area contributed by atoms with Crippen LogP contribution in [0.5, 0.6) is 0 Å². The third kappa shape index (κ3) is 4.05. The molecule has 0 fully saturated rings. The van der Waals surface area contributed by atoms with Crippen molar-refractivity contribution in [2.45, 2.75) is 0 Å². The molecule has 0 unspecified atom stereocenters. The first-order chi connectivity index (χ1) is 23.3. The number of aromatic nitrogens is 2. The number of hydrogen-bond acceptors (Lipinski definition) is 3. The first-order valence-corrected chi connectivity index (χ1v) is 15.9. The van der Waals surface area contributed by atoms with Gasteiger partial charge in [0.25, 0.3) is 0 Å². The van der Waals surface area contributed by atoms with E-state index in [0.29, 0.717) is 5.71 Å². The van der Waals surface area contributed by atoms with Crippen molar-refractivity contribution in [1.82, 2.24) is 9.55 Å². The van der Waals surface area contributed by atoms with Gasteiger partial charge in [0.2, 0.25) is 5.71 Å². The molecule has 0 radical (unpaired) electrons. The van der Waals surface area contributed by atoms with E-state index in [9.17, 15) is 0 Å². The highest BCUT2D eigenvalue weighted by molar-refractivity contribution is 6.13. The number of fused-ring (bicyclic) bond motifs is 8. The molecule has 0 atom stereocenters. The summed E-state index contributed by atoms with van der Waals surface area (Å²) >= 11 is 0. The first-order valence-electron chi connectivity index (χ1n) is 15.9. The minimum Gasteiger partial charge on any atom is -0.438 e. The first kappa shape index (κ1) is 25.9. The lowest BCUT2D eigenvalue weighted by molar-refractivity contribution is 0.654. The van der Waals surface area contributed by atoms with Crippen molar-refractivity contribution in [2.75, 3.05) is 4.90 Å². The molecule has 4 nitrogen and oxygen atoms in total. The van der Waals surface area contributed by atoms with Gasteiger partial charge < -0.3 is 13.9 Å². The maximum atomic E-state index is 6.10. The topological polar surface area (TPSA) is 34.2 Å². The Hall–Kier alpha value is -6.39. The van der Waals surface area contributed by atoms with Crippen LogP contribution < -0.4 is 4.90 Å². The summed E-state index contributed by atoms with van der Waals surface area (Å²) in [6, 6.07) is 56.5. The standard InChI is InChI=1S/C43H27N3O/c1-2-10-29-23-34(19-18-28(29)9-1)45(35-20-21-42-39(27-35)37-16-8-22-44-43(37)47-42)32-13-7-14-33(26-32)46-40-17-6-5-15-36(40)38-24-30-11-3-4-12-31(30)25-41(38)46/h1-27H. The Bertz CT molecular complexity index is 2820. The summed E-state index contributed by atoms with van der Waals surface area (Å²) in [5, 5.41) is 9.43. The Morgan fingerprint density at radius 3 is 2.04 bits per heavy atom. The van der Waals surface area contributed by atoms with E-state index in [2.05, 4.69) is 166 Å². The number of furan rings is 1. The third-order valence-corrected chi connectivity index (χ3v) is 9.37. The normalized spacial score (nSPS) is 11.8. The van der Waals surface area contributed by atoms with E-state index >= 15 is 0 Å². The average Bonchev–Trinajstić information content (AvgIpc) is 3.66. The largest absolute Gasteiger partial charge is 0.438 e. The molecule has 0 amide bonds. The molecular weight excluding hydrogens is 574 g/mol. The summed E-state index contributed by atoms with van der Waals surface area (Å²) in [6.45, 7) is 0. The van der Waals surface area contributed by atoms with E-state index in [1.54, 1.807) is 6.20 Å². The molecule has 4 heteroatoms. The molecule has 3 aromatic heterocycles. The Morgan fingerprint density at radius 2 is 1.15 bits per heavy atom. The number of nitrogens with zero attached hydrogens (tertiary/aromatic N) is 3. The fourth-order valence-corrected chi connectivity index (χ4v) is 7.21. The van der Waals surface area contributed by atoms with Crippen LogP contribution in [0.1, 0.15) is 0 Å². The zero-order valence-electron chi connectivity index (χ0n) is 25.3. The number of hydrogen-bond donors (Lipinski definition) is 0.